The third-order valence-corrected chi connectivity index (χ3v) is 4.29. The third-order valence-electron chi connectivity index (χ3n) is 4.29. The predicted octanol–water partition coefficient (Wildman–Crippen LogP) is 2.19. The fourth-order valence-electron chi connectivity index (χ4n) is 3.01. The first-order valence-corrected chi connectivity index (χ1v) is 8.30. The Morgan fingerprint density at radius 1 is 1.29 bits per heavy atom. The van der Waals surface area contributed by atoms with Crippen molar-refractivity contribution in [3.8, 4) is 0 Å². The summed E-state index contributed by atoms with van der Waals surface area (Å²) >= 11 is 0. The molecule has 1 atom stereocenters. The molecule has 3 rings (SSSR count). The van der Waals surface area contributed by atoms with Gasteiger partial charge < -0.3 is 10.1 Å². The van der Waals surface area contributed by atoms with Crippen molar-refractivity contribution in [3.05, 3.63) is 65.5 Å². The Labute approximate surface area is 142 Å². The number of carbonyl (C=O) groups is 1. The van der Waals surface area contributed by atoms with Gasteiger partial charge in [0.1, 0.15) is 0 Å². The van der Waals surface area contributed by atoms with Crippen LogP contribution >= 0.6 is 0 Å². The van der Waals surface area contributed by atoms with Crippen LogP contribution in [0, 0.1) is 6.92 Å². The van der Waals surface area contributed by atoms with Crippen LogP contribution in [0.1, 0.15) is 27.5 Å². The molecule has 1 amide bonds. The lowest BCUT2D eigenvalue weighted by Gasteiger charge is -2.35. The number of rotatable bonds is 5. The van der Waals surface area contributed by atoms with Crippen molar-refractivity contribution in [2.45, 2.75) is 13.0 Å². The Morgan fingerprint density at radius 3 is 2.83 bits per heavy atom. The first kappa shape index (κ1) is 16.6. The maximum Gasteiger partial charge on any atom is 0.252 e. The van der Waals surface area contributed by atoms with E-state index in [1.165, 1.54) is 11.1 Å². The molecular weight excluding hydrogens is 302 g/mol. The zero-order chi connectivity index (χ0) is 16.8. The van der Waals surface area contributed by atoms with Crippen LogP contribution < -0.4 is 5.32 Å². The summed E-state index contributed by atoms with van der Waals surface area (Å²) in [6.45, 7) is 5.88. The molecule has 126 valence electrons. The van der Waals surface area contributed by atoms with Crippen molar-refractivity contribution in [2.24, 2.45) is 0 Å². The van der Waals surface area contributed by atoms with Gasteiger partial charge in [-0.3, -0.25) is 14.7 Å². The molecule has 24 heavy (non-hydrogen) atoms. The number of nitrogens with one attached hydrogen (secondary N) is 1. The Hall–Kier alpha value is -2.24. The topological polar surface area (TPSA) is 54.5 Å². The summed E-state index contributed by atoms with van der Waals surface area (Å²) in [5.41, 5.74) is 3.04. The summed E-state index contributed by atoms with van der Waals surface area (Å²) in [6, 6.07) is 12.2. The Kier molecular flexibility index (Phi) is 5.56. The number of nitrogens with zero attached hydrogens (tertiary/aromatic N) is 2. The number of carbonyl (C=O) groups excluding carboxylic acids is 1. The quantitative estimate of drug-likeness (QED) is 0.916. The fraction of sp³-hybridized carbons (Fsp3) is 0.368. The molecule has 1 aliphatic rings. The highest BCUT2D eigenvalue weighted by Crippen LogP contribution is 2.22. The maximum atomic E-state index is 12.3. The summed E-state index contributed by atoms with van der Waals surface area (Å²) in [6.07, 6.45) is 3.26. The molecule has 1 aromatic carbocycles. The SMILES string of the molecule is Cc1cccc(C(CNC(=O)c2cccnc2)N2CCOCC2)c1. The van der Waals surface area contributed by atoms with Gasteiger partial charge in [-0.1, -0.05) is 29.8 Å². The molecule has 0 bridgehead atoms. The highest BCUT2D eigenvalue weighted by atomic mass is 16.5. The fourth-order valence-corrected chi connectivity index (χ4v) is 3.01. The van der Waals surface area contributed by atoms with Gasteiger partial charge in [-0.15, -0.1) is 0 Å². The van der Waals surface area contributed by atoms with E-state index in [-0.39, 0.29) is 11.9 Å². The van der Waals surface area contributed by atoms with E-state index in [0.717, 1.165) is 26.3 Å². The van der Waals surface area contributed by atoms with Crippen LogP contribution in [0.25, 0.3) is 0 Å². The average molecular weight is 325 g/mol. The van der Waals surface area contributed by atoms with Crippen molar-refractivity contribution in [1.29, 1.82) is 0 Å². The van der Waals surface area contributed by atoms with Crippen molar-refractivity contribution >= 4 is 5.91 Å². The highest BCUT2D eigenvalue weighted by Gasteiger charge is 2.23. The molecule has 0 radical (unpaired) electrons. The number of aromatic nitrogens is 1. The van der Waals surface area contributed by atoms with Crippen LogP contribution in [-0.2, 0) is 4.74 Å². The van der Waals surface area contributed by atoms with E-state index in [1.807, 2.05) is 0 Å². The van der Waals surface area contributed by atoms with Crippen molar-refractivity contribution in [1.82, 2.24) is 15.2 Å². The summed E-state index contributed by atoms with van der Waals surface area (Å²) in [5.74, 6) is -0.0889. The lowest BCUT2D eigenvalue weighted by molar-refractivity contribution is 0.0162. The monoisotopic (exact) mass is 325 g/mol. The highest BCUT2D eigenvalue weighted by molar-refractivity contribution is 5.93. The number of aryl methyl sites for hydroxylation is 1. The predicted molar refractivity (Wildman–Crippen MR) is 92.9 cm³/mol. The van der Waals surface area contributed by atoms with E-state index in [4.69, 9.17) is 4.74 Å². The molecule has 1 unspecified atom stereocenters. The van der Waals surface area contributed by atoms with Gasteiger partial charge in [0.2, 0.25) is 0 Å². The number of benzene rings is 1. The van der Waals surface area contributed by atoms with Gasteiger partial charge in [-0.05, 0) is 24.6 Å². The molecule has 1 N–H and O–H groups in total. The molecule has 0 spiro atoms. The van der Waals surface area contributed by atoms with E-state index >= 15 is 0 Å². The number of pyridine rings is 1. The number of hydrogen-bond donors (Lipinski definition) is 1. The van der Waals surface area contributed by atoms with Crippen LogP contribution in [0.15, 0.2) is 48.8 Å². The molecule has 2 heterocycles. The number of ether oxygens (including phenoxy) is 1. The van der Waals surface area contributed by atoms with Crippen LogP contribution in [0.3, 0.4) is 0 Å². The minimum Gasteiger partial charge on any atom is -0.379 e. The van der Waals surface area contributed by atoms with Crippen LogP contribution in [0.2, 0.25) is 0 Å². The van der Waals surface area contributed by atoms with Crippen LogP contribution in [0.5, 0.6) is 0 Å². The molecule has 2 aromatic rings. The Balaban J connectivity index is 1.73. The van der Waals surface area contributed by atoms with Gasteiger partial charge in [-0.25, -0.2) is 0 Å². The summed E-state index contributed by atoms with van der Waals surface area (Å²) < 4.78 is 5.47. The van der Waals surface area contributed by atoms with E-state index in [2.05, 4.69) is 46.4 Å². The first-order valence-electron chi connectivity index (χ1n) is 8.30. The molecular formula is C19H23N3O2. The smallest absolute Gasteiger partial charge is 0.252 e. The molecule has 5 heteroatoms. The number of morpholine rings is 1. The molecule has 0 saturated carbocycles. The summed E-state index contributed by atoms with van der Waals surface area (Å²) in [5, 5.41) is 3.05. The van der Waals surface area contributed by atoms with Crippen molar-refractivity contribution in [2.75, 3.05) is 32.8 Å². The van der Waals surface area contributed by atoms with Gasteiger partial charge in [0.25, 0.3) is 5.91 Å². The van der Waals surface area contributed by atoms with E-state index in [0.29, 0.717) is 12.1 Å². The zero-order valence-electron chi connectivity index (χ0n) is 13.9. The van der Waals surface area contributed by atoms with Gasteiger partial charge in [0.05, 0.1) is 24.8 Å². The molecule has 1 aromatic heterocycles. The average Bonchev–Trinajstić information content (AvgIpc) is 2.63. The maximum absolute atomic E-state index is 12.3. The van der Waals surface area contributed by atoms with Crippen LogP contribution in [-0.4, -0.2) is 48.6 Å². The Morgan fingerprint density at radius 2 is 2.12 bits per heavy atom. The lowest BCUT2D eigenvalue weighted by atomic mass is 10.0. The second-order valence-corrected chi connectivity index (χ2v) is 6.03. The van der Waals surface area contributed by atoms with Gasteiger partial charge in [0.15, 0.2) is 0 Å². The minimum atomic E-state index is -0.0889. The van der Waals surface area contributed by atoms with Gasteiger partial charge >= 0.3 is 0 Å². The second kappa shape index (κ2) is 8.04. The molecule has 1 fully saturated rings. The molecule has 1 aliphatic heterocycles. The number of amides is 1. The second-order valence-electron chi connectivity index (χ2n) is 6.03. The standard InChI is InChI=1S/C19H23N3O2/c1-15-4-2-5-16(12-15)18(22-8-10-24-11-9-22)14-21-19(23)17-6-3-7-20-13-17/h2-7,12-13,18H,8-11,14H2,1H3,(H,21,23). The summed E-state index contributed by atoms with van der Waals surface area (Å²) in [4.78, 5) is 18.7. The zero-order valence-corrected chi connectivity index (χ0v) is 13.9. The molecule has 1 saturated heterocycles. The van der Waals surface area contributed by atoms with Crippen LogP contribution in [0.4, 0.5) is 0 Å². The van der Waals surface area contributed by atoms with Gasteiger partial charge in [-0.2, -0.15) is 0 Å². The lowest BCUT2D eigenvalue weighted by Crippen LogP contribution is -2.43. The Bertz CT molecular complexity index is 669. The molecule has 0 aliphatic carbocycles. The molecule has 5 nitrogen and oxygen atoms in total. The van der Waals surface area contributed by atoms with Gasteiger partial charge in [0, 0.05) is 32.0 Å². The van der Waals surface area contributed by atoms with E-state index < -0.39 is 0 Å². The largest absolute Gasteiger partial charge is 0.379 e. The number of hydrogen-bond acceptors (Lipinski definition) is 4. The van der Waals surface area contributed by atoms with E-state index in [1.54, 1.807) is 24.5 Å². The summed E-state index contributed by atoms with van der Waals surface area (Å²) in [7, 11) is 0. The van der Waals surface area contributed by atoms with Crippen molar-refractivity contribution in [3.63, 3.8) is 0 Å². The third kappa shape index (κ3) is 4.19. The van der Waals surface area contributed by atoms with Crippen molar-refractivity contribution < 1.29 is 9.53 Å². The first-order chi connectivity index (χ1) is 11.7. The normalized spacial score (nSPS) is 16.5. The van der Waals surface area contributed by atoms with E-state index in [9.17, 15) is 4.79 Å². The minimum absolute atomic E-state index is 0.0889.